The average molecular weight is 270 g/mol. The number of nitrogens with two attached hydrogens (primary N) is 1. The first kappa shape index (κ1) is 12.8. The van der Waals surface area contributed by atoms with Crippen LogP contribution < -0.4 is 5.73 Å². The number of thioether (sulfide) groups is 1. The van der Waals surface area contributed by atoms with Gasteiger partial charge < -0.3 is 10.6 Å². The Morgan fingerprint density at radius 2 is 2.12 bits per heavy atom. The normalized spacial score (nSPS) is 14.5. The quantitative estimate of drug-likeness (QED) is 0.918. The van der Waals surface area contributed by atoms with Gasteiger partial charge in [-0.05, 0) is 31.6 Å². The van der Waals surface area contributed by atoms with E-state index in [9.17, 15) is 4.79 Å². The van der Waals surface area contributed by atoms with Crippen molar-refractivity contribution in [2.45, 2.75) is 26.0 Å². The molecule has 17 heavy (non-hydrogen) atoms. The lowest BCUT2D eigenvalue weighted by Crippen LogP contribution is -2.31. The number of thiophene rings is 1. The van der Waals surface area contributed by atoms with Gasteiger partial charge in [-0.25, -0.2) is 0 Å². The summed E-state index contributed by atoms with van der Waals surface area (Å²) in [6.45, 7) is 5.50. The van der Waals surface area contributed by atoms with Crippen LogP contribution in [-0.4, -0.2) is 29.6 Å². The number of hydrogen-bond acceptors (Lipinski definition) is 4. The van der Waals surface area contributed by atoms with Gasteiger partial charge in [-0.15, -0.1) is 11.3 Å². The summed E-state index contributed by atoms with van der Waals surface area (Å²) in [4.78, 5) is 15.6. The maximum Gasteiger partial charge on any atom is 0.257 e. The van der Waals surface area contributed by atoms with Gasteiger partial charge in [-0.2, -0.15) is 11.8 Å². The second-order valence-electron chi connectivity index (χ2n) is 4.02. The lowest BCUT2D eigenvalue weighted by atomic mass is 10.1. The number of amides is 1. The molecular formula is C12H18N2OS2. The summed E-state index contributed by atoms with van der Waals surface area (Å²) in [5.74, 6) is 2.22. The Balaban J connectivity index is 2.37. The van der Waals surface area contributed by atoms with E-state index in [0.717, 1.165) is 36.6 Å². The molecule has 2 rings (SSSR count). The van der Waals surface area contributed by atoms with Crippen LogP contribution in [0.4, 0.5) is 5.00 Å². The molecule has 94 valence electrons. The molecule has 0 saturated carbocycles. The van der Waals surface area contributed by atoms with Gasteiger partial charge >= 0.3 is 0 Å². The largest absolute Gasteiger partial charge is 0.390 e. The Kier molecular flexibility index (Phi) is 3.99. The molecule has 0 radical (unpaired) electrons. The highest BCUT2D eigenvalue weighted by Crippen LogP contribution is 2.38. The maximum absolute atomic E-state index is 12.4. The molecular weight excluding hydrogens is 252 g/mol. The van der Waals surface area contributed by atoms with Crippen LogP contribution in [-0.2, 0) is 12.2 Å². The van der Waals surface area contributed by atoms with Crippen molar-refractivity contribution in [3.8, 4) is 0 Å². The summed E-state index contributed by atoms with van der Waals surface area (Å²) >= 11 is 3.51. The molecule has 1 aromatic heterocycles. The molecule has 0 saturated heterocycles. The van der Waals surface area contributed by atoms with Crippen molar-refractivity contribution in [3.05, 3.63) is 16.0 Å². The lowest BCUT2D eigenvalue weighted by Gasteiger charge is -2.20. The first-order valence-electron chi connectivity index (χ1n) is 5.96. The van der Waals surface area contributed by atoms with Crippen LogP contribution >= 0.6 is 23.1 Å². The highest BCUT2D eigenvalue weighted by molar-refractivity contribution is 7.98. The molecule has 1 amide bonds. The number of carbonyl (C=O) groups excluding carboxylic acids is 1. The van der Waals surface area contributed by atoms with E-state index in [1.807, 2.05) is 30.5 Å². The minimum Gasteiger partial charge on any atom is -0.390 e. The smallest absolute Gasteiger partial charge is 0.257 e. The SMILES string of the molecule is CCN(CC)C(=O)c1c(N)sc2c1CCSC2. The van der Waals surface area contributed by atoms with Crippen molar-refractivity contribution in [1.82, 2.24) is 4.90 Å². The van der Waals surface area contributed by atoms with Crippen molar-refractivity contribution in [2.75, 3.05) is 24.6 Å². The van der Waals surface area contributed by atoms with Crippen LogP contribution in [0, 0.1) is 0 Å². The van der Waals surface area contributed by atoms with E-state index in [0.29, 0.717) is 5.00 Å². The van der Waals surface area contributed by atoms with Crippen LogP contribution in [0.1, 0.15) is 34.6 Å². The molecule has 1 aromatic rings. The van der Waals surface area contributed by atoms with Crippen LogP contribution in [0.5, 0.6) is 0 Å². The van der Waals surface area contributed by atoms with E-state index >= 15 is 0 Å². The zero-order valence-electron chi connectivity index (χ0n) is 10.3. The number of hydrogen-bond donors (Lipinski definition) is 1. The van der Waals surface area contributed by atoms with E-state index in [4.69, 9.17) is 5.73 Å². The molecule has 3 nitrogen and oxygen atoms in total. The zero-order valence-corrected chi connectivity index (χ0v) is 11.9. The third-order valence-electron chi connectivity index (χ3n) is 3.11. The predicted molar refractivity (Wildman–Crippen MR) is 75.8 cm³/mol. The number of rotatable bonds is 3. The van der Waals surface area contributed by atoms with Gasteiger partial charge in [0.05, 0.1) is 10.6 Å². The highest BCUT2D eigenvalue weighted by atomic mass is 32.2. The molecule has 0 unspecified atom stereocenters. The Hall–Kier alpha value is -0.680. The number of anilines is 1. The fraction of sp³-hybridized carbons (Fsp3) is 0.583. The predicted octanol–water partition coefficient (Wildman–Crippen LogP) is 2.60. The second kappa shape index (κ2) is 5.31. The number of nitrogen functional groups attached to an aromatic ring is 1. The van der Waals surface area contributed by atoms with Crippen molar-refractivity contribution < 1.29 is 4.79 Å². The van der Waals surface area contributed by atoms with Gasteiger partial charge in [-0.3, -0.25) is 4.79 Å². The second-order valence-corrected chi connectivity index (χ2v) is 6.26. The van der Waals surface area contributed by atoms with Crippen molar-refractivity contribution in [1.29, 1.82) is 0 Å². The van der Waals surface area contributed by atoms with E-state index in [2.05, 4.69) is 0 Å². The van der Waals surface area contributed by atoms with Crippen molar-refractivity contribution in [3.63, 3.8) is 0 Å². The molecule has 2 N–H and O–H groups in total. The molecule has 2 heterocycles. The summed E-state index contributed by atoms with van der Waals surface area (Å²) in [5, 5.41) is 0.703. The van der Waals surface area contributed by atoms with Crippen molar-refractivity contribution >= 4 is 34.0 Å². The molecule has 1 aliphatic rings. The lowest BCUT2D eigenvalue weighted by molar-refractivity contribution is 0.0773. The molecule has 1 aliphatic heterocycles. The van der Waals surface area contributed by atoms with Gasteiger partial charge in [0.15, 0.2) is 0 Å². The van der Waals surface area contributed by atoms with E-state index < -0.39 is 0 Å². The van der Waals surface area contributed by atoms with Gasteiger partial charge in [0.25, 0.3) is 5.91 Å². The third kappa shape index (κ3) is 2.31. The number of nitrogens with zero attached hydrogens (tertiary/aromatic N) is 1. The third-order valence-corrected chi connectivity index (χ3v) is 5.34. The zero-order chi connectivity index (χ0) is 12.4. The number of fused-ring (bicyclic) bond motifs is 1. The van der Waals surface area contributed by atoms with Gasteiger partial charge in [0.1, 0.15) is 0 Å². The highest BCUT2D eigenvalue weighted by Gasteiger charge is 2.26. The standard InChI is InChI=1S/C12H18N2OS2/c1-3-14(4-2)12(15)10-8-5-6-16-7-9(8)17-11(10)13/h3-7,13H2,1-2H3. The molecule has 0 bridgehead atoms. The fourth-order valence-electron chi connectivity index (χ4n) is 2.16. The summed E-state index contributed by atoms with van der Waals surface area (Å²) in [7, 11) is 0. The summed E-state index contributed by atoms with van der Waals surface area (Å²) in [6, 6.07) is 0. The van der Waals surface area contributed by atoms with Crippen LogP contribution in [0.2, 0.25) is 0 Å². The van der Waals surface area contributed by atoms with E-state index in [-0.39, 0.29) is 5.91 Å². The van der Waals surface area contributed by atoms with Gasteiger partial charge in [0, 0.05) is 23.7 Å². The van der Waals surface area contributed by atoms with Crippen LogP contribution in [0.25, 0.3) is 0 Å². The molecule has 5 heteroatoms. The Morgan fingerprint density at radius 3 is 2.76 bits per heavy atom. The minimum absolute atomic E-state index is 0.108. The van der Waals surface area contributed by atoms with Crippen LogP contribution in [0.15, 0.2) is 0 Å². The summed E-state index contributed by atoms with van der Waals surface area (Å²) in [6.07, 6.45) is 0.982. The first-order valence-corrected chi connectivity index (χ1v) is 7.93. The Bertz CT molecular complexity index is 424. The fourth-order valence-corrected chi connectivity index (χ4v) is 4.40. The van der Waals surface area contributed by atoms with E-state index in [1.54, 1.807) is 11.3 Å². The molecule has 0 aliphatic carbocycles. The summed E-state index contributed by atoms with van der Waals surface area (Å²) in [5.41, 5.74) is 8.03. The molecule has 0 fully saturated rings. The van der Waals surface area contributed by atoms with Gasteiger partial charge in [0.2, 0.25) is 0 Å². The molecule has 0 aromatic carbocycles. The number of carbonyl (C=O) groups is 1. The van der Waals surface area contributed by atoms with Crippen LogP contribution in [0.3, 0.4) is 0 Å². The topological polar surface area (TPSA) is 46.3 Å². The summed E-state index contributed by atoms with van der Waals surface area (Å²) < 4.78 is 0. The maximum atomic E-state index is 12.4. The molecule has 0 atom stereocenters. The Labute approximate surface area is 110 Å². The van der Waals surface area contributed by atoms with E-state index in [1.165, 1.54) is 10.4 Å². The van der Waals surface area contributed by atoms with Gasteiger partial charge in [-0.1, -0.05) is 0 Å². The first-order chi connectivity index (χ1) is 8.19. The molecule has 0 spiro atoms. The minimum atomic E-state index is 0.108. The average Bonchev–Trinajstić information content (AvgIpc) is 2.66. The monoisotopic (exact) mass is 270 g/mol. The van der Waals surface area contributed by atoms with Crippen molar-refractivity contribution in [2.24, 2.45) is 0 Å². The Morgan fingerprint density at radius 1 is 1.41 bits per heavy atom.